The topological polar surface area (TPSA) is 53.1 Å². The Bertz CT molecular complexity index is 852. The lowest BCUT2D eigenvalue weighted by Gasteiger charge is -2.03. The minimum Gasteiger partial charge on any atom is -0.481 e. The van der Waals surface area contributed by atoms with Crippen molar-refractivity contribution in [3.63, 3.8) is 0 Å². The molecule has 3 nitrogen and oxygen atoms in total. The number of carbonyl (C=O) groups is 1. The summed E-state index contributed by atoms with van der Waals surface area (Å²) in [6.45, 7) is 0. The molecule has 3 rings (SSSR count). The molecular weight excluding hydrogens is 312 g/mol. The zero-order chi connectivity index (χ0) is 17.1. The van der Waals surface area contributed by atoms with Crippen LogP contribution in [0, 0.1) is 11.6 Å². The number of H-pyrrole nitrogens is 1. The van der Waals surface area contributed by atoms with E-state index in [0.29, 0.717) is 6.42 Å². The lowest BCUT2D eigenvalue weighted by Crippen LogP contribution is -1.97. The molecule has 122 valence electrons. The molecule has 0 unspecified atom stereocenters. The summed E-state index contributed by atoms with van der Waals surface area (Å²) in [4.78, 5) is 14.1. The lowest BCUT2D eigenvalue weighted by atomic mass is 10.0. The zero-order valence-corrected chi connectivity index (χ0v) is 12.7. The molecule has 0 amide bonds. The van der Waals surface area contributed by atoms with Crippen molar-refractivity contribution in [2.45, 2.75) is 12.8 Å². The Morgan fingerprint density at radius 2 is 1.46 bits per heavy atom. The molecule has 2 aromatic carbocycles. The Kier molecular flexibility index (Phi) is 4.42. The minimum atomic E-state index is -0.885. The normalized spacial score (nSPS) is 10.8. The average molecular weight is 327 g/mol. The van der Waals surface area contributed by atoms with Gasteiger partial charge in [-0.05, 0) is 77.7 Å². The summed E-state index contributed by atoms with van der Waals surface area (Å²) in [6.07, 6.45) is 0.342. The van der Waals surface area contributed by atoms with Gasteiger partial charge in [0.15, 0.2) is 0 Å². The molecule has 1 aromatic heterocycles. The Hall–Kier alpha value is -2.95. The molecule has 0 saturated heterocycles. The number of carboxylic acids is 1. The fourth-order valence-corrected chi connectivity index (χ4v) is 2.60. The predicted molar refractivity (Wildman–Crippen MR) is 87.5 cm³/mol. The molecule has 0 saturated carbocycles. The summed E-state index contributed by atoms with van der Waals surface area (Å²) in [7, 11) is 0. The number of nitrogens with one attached hydrogen (secondary N) is 1. The predicted octanol–water partition coefficient (Wildman–Crippen LogP) is 4.64. The maximum atomic E-state index is 13.1. The van der Waals surface area contributed by atoms with E-state index in [0.717, 1.165) is 28.1 Å². The highest BCUT2D eigenvalue weighted by atomic mass is 19.1. The first kappa shape index (κ1) is 15.9. The largest absolute Gasteiger partial charge is 0.481 e. The molecule has 0 fully saturated rings. The van der Waals surface area contributed by atoms with Gasteiger partial charge in [-0.1, -0.05) is 0 Å². The first-order valence-electron chi connectivity index (χ1n) is 7.48. The van der Waals surface area contributed by atoms with Gasteiger partial charge in [0.05, 0.1) is 0 Å². The third-order valence-electron chi connectivity index (χ3n) is 3.80. The summed E-state index contributed by atoms with van der Waals surface area (Å²) < 4.78 is 26.2. The van der Waals surface area contributed by atoms with Gasteiger partial charge >= 0.3 is 5.97 Å². The Labute approximate surface area is 137 Å². The Balaban J connectivity index is 2.02. The number of carboxylic acid groups (broad SMARTS) is 1. The molecule has 0 radical (unpaired) electrons. The fourth-order valence-electron chi connectivity index (χ4n) is 2.60. The van der Waals surface area contributed by atoms with E-state index in [2.05, 4.69) is 4.98 Å². The van der Waals surface area contributed by atoms with Crippen LogP contribution in [0.25, 0.3) is 22.5 Å². The molecule has 5 heteroatoms. The van der Waals surface area contributed by atoms with E-state index in [4.69, 9.17) is 5.11 Å². The molecule has 3 aromatic rings. The van der Waals surface area contributed by atoms with Crippen molar-refractivity contribution in [3.05, 3.63) is 71.8 Å². The molecule has 2 N–H and O–H groups in total. The van der Waals surface area contributed by atoms with Crippen LogP contribution in [-0.4, -0.2) is 16.1 Å². The van der Waals surface area contributed by atoms with Gasteiger partial charge in [0, 0.05) is 17.8 Å². The number of benzene rings is 2. The van der Waals surface area contributed by atoms with Gasteiger partial charge in [0.25, 0.3) is 0 Å². The van der Waals surface area contributed by atoms with Crippen molar-refractivity contribution in [2.24, 2.45) is 0 Å². The van der Waals surface area contributed by atoms with Crippen molar-refractivity contribution in [3.8, 4) is 22.5 Å². The van der Waals surface area contributed by atoms with E-state index in [-0.39, 0.29) is 18.1 Å². The van der Waals surface area contributed by atoms with Gasteiger partial charge in [0.2, 0.25) is 0 Å². The van der Waals surface area contributed by atoms with Crippen molar-refractivity contribution in [2.75, 3.05) is 0 Å². The van der Waals surface area contributed by atoms with Crippen molar-refractivity contribution in [1.82, 2.24) is 4.98 Å². The van der Waals surface area contributed by atoms with E-state index < -0.39 is 5.97 Å². The molecule has 0 atom stereocenters. The van der Waals surface area contributed by atoms with Crippen LogP contribution < -0.4 is 0 Å². The van der Waals surface area contributed by atoms with Gasteiger partial charge < -0.3 is 10.1 Å². The lowest BCUT2D eigenvalue weighted by molar-refractivity contribution is -0.136. The molecule has 0 bridgehead atoms. The van der Waals surface area contributed by atoms with Gasteiger partial charge in [-0.3, -0.25) is 4.79 Å². The maximum Gasteiger partial charge on any atom is 0.303 e. The SMILES string of the molecule is O=C(O)CCc1cc(-c2ccc(F)cc2)[nH]c1-c1ccc(F)cc1. The fraction of sp³-hybridized carbons (Fsp3) is 0.105. The van der Waals surface area contributed by atoms with E-state index in [1.807, 2.05) is 6.07 Å². The second kappa shape index (κ2) is 6.66. The number of halogens is 2. The first-order chi connectivity index (χ1) is 11.5. The summed E-state index contributed by atoms with van der Waals surface area (Å²) in [6, 6.07) is 13.9. The van der Waals surface area contributed by atoms with Crippen molar-refractivity contribution in [1.29, 1.82) is 0 Å². The van der Waals surface area contributed by atoms with Gasteiger partial charge in [-0.25, -0.2) is 8.78 Å². The quantitative estimate of drug-likeness (QED) is 0.717. The molecular formula is C19H15F2NO2. The standard InChI is InChI=1S/C19H15F2NO2/c20-15-6-1-12(2-7-15)17-11-14(5-10-18(23)24)19(22-17)13-3-8-16(21)9-4-13/h1-4,6-9,11,22H,5,10H2,(H,23,24). The van der Waals surface area contributed by atoms with Crippen LogP contribution in [0.5, 0.6) is 0 Å². The monoisotopic (exact) mass is 327 g/mol. The number of hydrogen-bond acceptors (Lipinski definition) is 1. The minimum absolute atomic E-state index is 0.00505. The molecule has 0 spiro atoms. The number of aromatic nitrogens is 1. The maximum absolute atomic E-state index is 13.1. The van der Waals surface area contributed by atoms with Crippen molar-refractivity contribution < 1.29 is 18.7 Å². The van der Waals surface area contributed by atoms with Crippen LogP contribution in [0.1, 0.15) is 12.0 Å². The smallest absolute Gasteiger partial charge is 0.303 e. The Morgan fingerprint density at radius 3 is 2.00 bits per heavy atom. The highest BCUT2D eigenvalue weighted by Crippen LogP contribution is 2.30. The van der Waals surface area contributed by atoms with Crippen LogP contribution in [0.3, 0.4) is 0 Å². The summed E-state index contributed by atoms with van der Waals surface area (Å²) in [5.41, 5.74) is 3.89. The third kappa shape index (κ3) is 3.51. The van der Waals surface area contributed by atoms with Gasteiger partial charge in [0.1, 0.15) is 11.6 Å². The average Bonchev–Trinajstić information content (AvgIpc) is 2.98. The number of rotatable bonds is 5. The van der Waals surface area contributed by atoms with E-state index in [1.165, 1.54) is 24.3 Å². The van der Waals surface area contributed by atoms with Crippen LogP contribution in [0.15, 0.2) is 54.6 Å². The molecule has 1 heterocycles. The van der Waals surface area contributed by atoms with E-state index in [1.54, 1.807) is 24.3 Å². The second-order valence-electron chi connectivity index (χ2n) is 5.49. The Morgan fingerprint density at radius 1 is 0.917 bits per heavy atom. The molecule has 0 aliphatic heterocycles. The van der Waals surface area contributed by atoms with Crippen LogP contribution in [0.4, 0.5) is 8.78 Å². The van der Waals surface area contributed by atoms with Gasteiger partial charge in [-0.2, -0.15) is 0 Å². The third-order valence-corrected chi connectivity index (χ3v) is 3.80. The summed E-state index contributed by atoms with van der Waals surface area (Å²) in [5.74, 6) is -1.55. The zero-order valence-electron chi connectivity index (χ0n) is 12.7. The summed E-state index contributed by atoms with van der Waals surface area (Å²) >= 11 is 0. The van der Waals surface area contributed by atoms with Crippen molar-refractivity contribution >= 4 is 5.97 Å². The first-order valence-corrected chi connectivity index (χ1v) is 7.48. The van der Waals surface area contributed by atoms with E-state index >= 15 is 0 Å². The number of hydrogen-bond donors (Lipinski definition) is 2. The summed E-state index contributed by atoms with van der Waals surface area (Å²) in [5, 5.41) is 8.93. The molecule has 24 heavy (non-hydrogen) atoms. The van der Waals surface area contributed by atoms with Crippen LogP contribution in [-0.2, 0) is 11.2 Å². The highest BCUT2D eigenvalue weighted by Gasteiger charge is 2.13. The number of aromatic amines is 1. The second-order valence-corrected chi connectivity index (χ2v) is 5.49. The number of aliphatic carboxylic acids is 1. The van der Waals surface area contributed by atoms with Crippen LogP contribution >= 0.6 is 0 Å². The van der Waals surface area contributed by atoms with Crippen LogP contribution in [0.2, 0.25) is 0 Å². The van der Waals surface area contributed by atoms with E-state index in [9.17, 15) is 13.6 Å². The molecule has 0 aliphatic rings. The van der Waals surface area contributed by atoms with Gasteiger partial charge in [-0.15, -0.1) is 0 Å². The molecule has 0 aliphatic carbocycles. The number of aryl methyl sites for hydroxylation is 1. The highest BCUT2D eigenvalue weighted by molar-refractivity contribution is 5.73.